The van der Waals surface area contributed by atoms with Gasteiger partial charge in [0.25, 0.3) is 0 Å². The van der Waals surface area contributed by atoms with E-state index < -0.39 is 73.2 Å². The van der Waals surface area contributed by atoms with Crippen LogP contribution in [0.1, 0.15) is 56.6 Å². The van der Waals surface area contributed by atoms with Gasteiger partial charge in [0.2, 0.25) is 69.8 Å². The van der Waals surface area contributed by atoms with Crippen LogP contribution in [0.15, 0.2) is 255 Å². The number of nitrogens with zero attached hydrogens (tertiary/aromatic N) is 10. The zero-order valence-corrected chi connectivity index (χ0v) is 83.0. The summed E-state index contributed by atoms with van der Waals surface area (Å²) in [4.78, 5) is 42.3. The minimum atomic E-state index is -3.74. The molecule has 0 aliphatic carbocycles. The Bertz CT molecular complexity index is 7360. The van der Waals surface area contributed by atoms with Crippen LogP contribution in [0.2, 0.25) is 20.1 Å². The van der Waals surface area contributed by atoms with Gasteiger partial charge in [-0.25, -0.2) is 115 Å². The van der Waals surface area contributed by atoms with Gasteiger partial charge in [0.05, 0.1) is 68.0 Å². The monoisotopic (exact) mass is 2110 g/mol. The molecule has 5 aromatic heterocycles. The molecule has 5 heterocycles. The first-order valence-electron chi connectivity index (χ1n) is 42.5. The maximum atomic E-state index is 14.0. The van der Waals surface area contributed by atoms with Gasteiger partial charge in [-0.1, -0.05) is 119 Å². The van der Waals surface area contributed by atoms with Crippen LogP contribution in [-0.2, 0) is 88.5 Å². The van der Waals surface area contributed by atoms with E-state index in [1.165, 1.54) is 85.1 Å². The first-order chi connectivity index (χ1) is 67.0. The van der Waals surface area contributed by atoms with Crippen molar-refractivity contribution < 1.29 is 64.0 Å². The molecule has 0 aliphatic rings. The number of halogens is 9. The molecule has 0 spiro atoms. The van der Waals surface area contributed by atoms with Crippen LogP contribution in [0.5, 0.6) is 0 Å². The minimum Gasteiger partial charge on any atom is -0.370 e. The Morgan fingerprint density at radius 2 is 0.648 bits per heavy atom. The summed E-state index contributed by atoms with van der Waals surface area (Å²) in [5, 5.41) is 34.9. The lowest BCUT2D eigenvalue weighted by Gasteiger charge is -2.12. The van der Waals surface area contributed by atoms with Gasteiger partial charge in [-0.05, 0) is 244 Å². The lowest BCUT2D eigenvalue weighted by atomic mass is 10.1. The molecular weight excluding hydrogens is 2020 g/mol. The van der Waals surface area contributed by atoms with Gasteiger partial charge in [0, 0.05) is 95.2 Å². The number of aryl methyl sites for hydroxylation is 4. The van der Waals surface area contributed by atoms with Crippen LogP contribution in [-0.4, -0.2) is 124 Å². The fourth-order valence-corrected chi connectivity index (χ4v) is 17.3. The molecule has 0 fully saturated rings. The highest BCUT2D eigenvalue weighted by molar-refractivity contribution is 7.91. The molecular formula is C95H94Cl4F5N23O10S5. The van der Waals surface area contributed by atoms with Crippen molar-refractivity contribution in [3.63, 3.8) is 0 Å². The van der Waals surface area contributed by atoms with Gasteiger partial charge in [0.15, 0.2) is 27.3 Å². The van der Waals surface area contributed by atoms with Crippen molar-refractivity contribution in [2.75, 3.05) is 82.4 Å². The van der Waals surface area contributed by atoms with E-state index in [0.717, 1.165) is 67.8 Å². The summed E-state index contributed by atoms with van der Waals surface area (Å²) in [5.74, 6) is -2.33. The molecule has 742 valence electrons. The Hall–Kier alpha value is -13.8. The van der Waals surface area contributed by atoms with E-state index in [1.807, 2.05) is 38.1 Å². The summed E-state index contributed by atoms with van der Waals surface area (Å²) in [6.07, 6.45) is 5.51. The molecule has 10 aromatic carbocycles. The number of aromatic nitrogens is 10. The van der Waals surface area contributed by atoms with Gasteiger partial charge in [-0.3, -0.25) is 0 Å². The van der Waals surface area contributed by atoms with E-state index in [0.29, 0.717) is 154 Å². The van der Waals surface area contributed by atoms with Crippen molar-refractivity contribution in [2.45, 2.75) is 90.2 Å². The number of benzene rings is 10. The molecule has 0 atom stereocenters. The Balaban J connectivity index is 0.000000169. The molecule has 0 unspecified atom stereocenters. The van der Waals surface area contributed by atoms with Crippen LogP contribution in [0.3, 0.4) is 0 Å². The lowest BCUT2D eigenvalue weighted by Crippen LogP contribution is -2.12. The largest absolute Gasteiger partial charge is 0.370 e. The van der Waals surface area contributed by atoms with Crippen molar-refractivity contribution in [3.8, 4) is 56.3 Å². The second-order valence-corrected chi connectivity index (χ2v) is 41.5. The third kappa shape index (κ3) is 31.9. The maximum Gasteiger partial charge on any atom is 0.238 e. The number of anilines is 9. The van der Waals surface area contributed by atoms with E-state index in [1.54, 1.807) is 122 Å². The van der Waals surface area contributed by atoms with Crippen LogP contribution >= 0.6 is 46.4 Å². The summed E-state index contributed by atoms with van der Waals surface area (Å²) in [5.41, 5.74) is 41.9. The second-order valence-electron chi connectivity index (χ2n) is 31.6. The van der Waals surface area contributed by atoms with E-state index in [-0.39, 0.29) is 71.4 Å². The molecule has 0 radical (unpaired) electrons. The number of sulfone groups is 1. The molecule has 0 amide bonds. The minimum absolute atomic E-state index is 0.0306. The molecule has 0 bridgehead atoms. The van der Waals surface area contributed by atoms with Crippen molar-refractivity contribution in [2.24, 2.45) is 20.6 Å². The second kappa shape index (κ2) is 48.1. The Morgan fingerprint density at radius 3 is 1.04 bits per heavy atom. The highest BCUT2D eigenvalue weighted by Gasteiger charge is 2.21. The third-order valence-corrected chi connectivity index (χ3v) is 27.3. The molecule has 0 aliphatic heterocycles. The van der Waals surface area contributed by atoms with Crippen LogP contribution in [0, 0.1) is 49.9 Å². The summed E-state index contributed by atoms with van der Waals surface area (Å²) < 4.78 is 181. The lowest BCUT2D eigenvalue weighted by molar-refractivity contribution is 0.449. The zero-order chi connectivity index (χ0) is 103. The van der Waals surface area contributed by atoms with Gasteiger partial charge < -0.3 is 49.9 Å². The molecule has 22 N–H and O–H groups in total. The molecule has 0 saturated heterocycles. The molecule has 33 nitrogen and oxygen atoms in total. The Labute approximate surface area is 836 Å². The predicted molar refractivity (Wildman–Crippen MR) is 545 cm³/mol. The number of sulfonamides is 4. The SMILES string of the molecule is Cc1c(-c2cc(NCCc3ccc(S(C)(=O)=O)cc3)nc(N)n2)ccc(Cl)c1Cl.Cc1cc(-c2cc(NCCc3ccc(S(N)(=O)=O)cc3)nc(N)n2)ccc1F.Cc1cc(Cl)ccc1-c1cc(NCCc2ccc(S(N)(=O)=O)cc2)nc(N)n1.Nc1nc(CCCc2ccc(S(N)(=O)=O)cc2)cc(-c2ccc(F)c(F)c2F)n1.Nc1nc(NCCc2ccc(S(N)(=O)=O)cc2)cc(-c2ccc(F)cc2Cl)n1. The van der Waals surface area contributed by atoms with Crippen molar-refractivity contribution in [1.82, 2.24) is 49.8 Å². The number of nitrogens with one attached hydrogen (secondary N) is 4. The molecule has 142 heavy (non-hydrogen) atoms. The molecule has 0 saturated carbocycles. The number of hydrogen-bond donors (Lipinski definition) is 13. The third-order valence-electron chi connectivity index (χ3n) is 21.0. The summed E-state index contributed by atoms with van der Waals surface area (Å²) in [6.45, 7) is 7.75. The molecule has 15 aromatic rings. The fourth-order valence-electron chi connectivity index (χ4n) is 13.7. The van der Waals surface area contributed by atoms with Crippen molar-refractivity contribution in [3.05, 3.63) is 330 Å². The van der Waals surface area contributed by atoms with Gasteiger partial charge >= 0.3 is 0 Å². The van der Waals surface area contributed by atoms with E-state index in [2.05, 4.69) is 71.1 Å². The first-order valence-corrected chi connectivity index (χ1v) is 52.1. The molecule has 47 heteroatoms. The Morgan fingerprint density at radius 1 is 0.303 bits per heavy atom. The first kappa shape index (κ1) is 109. The number of nitrogens with two attached hydrogens (primary N) is 9. The fraction of sp³-hybridized carbons (Fsp3) is 0.158. The van der Waals surface area contributed by atoms with E-state index in [9.17, 15) is 64.0 Å². The smallest absolute Gasteiger partial charge is 0.238 e. The number of nitrogen functional groups attached to an aromatic ring is 5. The van der Waals surface area contributed by atoms with Gasteiger partial charge in [0.1, 0.15) is 34.9 Å². The number of hydrogen-bond acceptors (Lipinski definition) is 29. The van der Waals surface area contributed by atoms with E-state index >= 15 is 0 Å². The highest BCUT2D eigenvalue weighted by atomic mass is 35.5. The van der Waals surface area contributed by atoms with E-state index in [4.69, 9.17) is 95.6 Å². The zero-order valence-electron chi connectivity index (χ0n) is 75.9. The summed E-state index contributed by atoms with van der Waals surface area (Å²) in [7, 11) is -18.0. The number of primary sulfonamides is 4. The predicted octanol–water partition coefficient (Wildman–Crippen LogP) is 15.7. The van der Waals surface area contributed by atoms with Crippen LogP contribution in [0.4, 0.5) is 75.0 Å². The van der Waals surface area contributed by atoms with Crippen molar-refractivity contribution >= 4 is 149 Å². The van der Waals surface area contributed by atoms with Crippen LogP contribution < -0.4 is 70.5 Å². The average molecular weight is 2120 g/mol. The summed E-state index contributed by atoms with van der Waals surface area (Å²) >= 11 is 24.4. The topological polar surface area (TPSA) is 582 Å². The average Bonchev–Trinajstić information content (AvgIpc) is 0.875. The normalized spacial score (nSPS) is 11.4. The summed E-state index contributed by atoms with van der Waals surface area (Å²) in [6, 6.07) is 60.4. The standard InChI is InChI=1S/C20H20Cl2N4O2S.C19H20ClN5O2S.C19H17F3N4O2S.C19H20FN5O2S.C18H17ClFN5O2S/c1-12-15(7-8-16(21)19(12)22)17-11-18(26-20(23)25-17)24-10-9-13-3-5-14(6-4-13)29(2,27)28;1-12-10-14(20)4-7-16(12)17-11-18(25-19(21)24-17)23-9-8-13-2-5-15(6-3-13)28(22,26)27;20-15-9-8-14(17(21)18(15)22)16-10-12(25-19(23)26-16)3-1-2-11-4-6-13(7-5-11)29(24,27)28;1-12-10-14(4-7-16(12)20)17-11-18(25-19(21)24-17)23-9-8-13-2-5-15(6-3-13)28(22,26)27;19-15-9-12(20)3-6-14(15)16-10-17(25-18(21)24-16)23-8-7-11-1-4-13(5-2-11)28(22,26)27/h3-8,11H,9-10H2,1-2H3,(H3,23,24,25,26);2-7,10-11H,8-9H2,1H3,(H2,22,26,27)(H3,21,23,24,25);4-10H,1-3H2,(H2,23,25,26)(H2,24,27,28);2-7,10-11H,8-9H2,1H3,(H2,22,26,27)(H3,21,23,24,25);1-6,9-10H,7-8H2,(H2,22,26,27)(H3,21,23,24,25). The highest BCUT2D eigenvalue weighted by Crippen LogP contribution is 2.36. The van der Waals surface area contributed by atoms with Crippen LogP contribution in [0.25, 0.3) is 56.3 Å². The quantitative estimate of drug-likeness (QED) is 0.0147. The van der Waals surface area contributed by atoms with Gasteiger partial charge in [-0.15, -0.1) is 0 Å². The van der Waals surface area contributed by atoms with Gasteiger partial charge in [-0.2, -0.15) is 19.9 Å². The number of rotatable bonds is 30. The maximum absolute atomic E-state index is 14.0. The molecule has 15 rings (SSSR count). The van der Waals surface area contributed by atoms with Crippen molar-refractivity contribution in [1.29, 1.82) is 0 Å². The Kier molecular flexibility index (Phi) is 36.8.